The van der Waals surface area contributed by atoms with Crippen LogP contribution >= 0.6 is 11.5 Å². The van der Waals surface area contributed by atoms with Crippen LogP contribution in [-0.2, 0) is 14.8 Å². The molecule has 0 N–H and O–H groups in total. The zero-order valence-corrected chi connectivity index (χ0v) is 13.3. The predicted molar refractivity (Wildman–Crippen MR) is 83.4 cm³/mol. The number of benzene rings is 1. The Kier molecular flexibility index (Phi) is 4.46. The van der Waals surface area contributed by atoms with Crippen LogP contribution in [0.1, 0.15) is 0 Å². The van der Waals surface area contributed by atoms with Crippen molar-refractivity contribution >= 4 is 27.9 Å². The van der Waals surface area contributed by atoms with Crippen LogP contribution in [0.5, 0.6) is 0 Å². The fraction of sp³-hybridized carbons (Fsp3) is 0.308. The number of aromatic nitrogens is 2. The molecule has 1 aliphatic heterocycles. The Bertz CT molecular complexity index is 753. The first-order valence-corrected chi connectivity index (χ1v) is 8.88. The van der Waals surface area contributed by atoms with E-state index >= 15 is 0 Å². The van der Waals surface area contributed by atoms with Crippen LogP contribution in [-0.4, -0.2) is 55.3 Å². The average molecular weight is 338 g/mol. The molecule has 0 aliphatic carbocycles. The summed E-state index contributed by atoms with van der Waals surface area (Å²) in [5.74, 6) is 0.394. The molecule has 0 amide bonds. The summed E-state index contributed by atoms with van der Waals surface area (Å²) in [5.41, 5.74) is 0.775. The SMILES string of the molecule is O=S(=O)(N=CN1CCOCC1)c1nc(-c2ccccc2)ns1. The second kappa shape index (κ2) is 6.51. The molecule has 1 saturated heterocycles. The van der Waals surface area contributed by atoms with Gasteiger partial charge in [-0.25, -0.2) is 4.98 Å². The summed E-state index contributed by atoms with van der Waals surface area (Å²) in [6.07, 6.45) is 1.33. The highest BCUT2D eigenvalue weighted by molar-refractivity contribution is 7.92. The first kappa shape index (κ1) is 15.1. The average Bonchev–Trinajstić information content (AvgIpc) is 3.06. The molecule has 7 nitrogen and oxygen atoms in total. The van der Waals surface area contributed by atoms with E-state index in [2.05, 4.69) is 13.8 Å². The number of hydrogen-bond donors (Lipinski definition) is 0. The van der Waals surface area contributed by atoms with Crippen molar-refractivity contribution in [3.05, 3.63) is 30.3 Å². The zero-order chi connectivity index (χ0) is 15.4. The third-order valence-corrected chi connectivity index (χ3v) is 5.33. The molecule has 1 fully saturated rings. The van der Waals surface area contributed by atoms with Crippen molar-refractivity contribution in [1.82, 2.24) is 14.3 Å². The van der Waals surface area contributed by atoms with Gasteiger partial charge in [-0.1, -0.05) is 30.3 Å². The van der Waals surface area contributed by atoms with Gasteiger partial charge in [0.1, 0.15) is 6.34 Å². The van der Waals surface area contributed by atoms with Crippen molar-refractivity contribution in [2.24, 2.45) is 4.40 Å². The van der Waals surface area contributed by atoms with Crippen molar-refractivity contribution < 1.29 is 13.2 Å². The lowest BCUT2D eigenvalue weighted by Crippen LogP contribution is -2.35. The van der Waals surface area contributed by atoms with Gasteiger partial charge in [-0.2, -0.15) is 12.8 Å². The van der Waals surface area contributed by atoms with Gasteiger partial charge in [-0.05, 0) is 0 Å². The summed E-state index contributed by atoms with van der Waals surface area (Å²) in [4.78, 5) is 5.88. The van der Waals surface area contributed by atoms with Crippen LogP contribution in [0.3, 0.4) is 0 Å². The van der Waals surface area contributed by atoms with Crippen molar-refractivity contribution in [1.29, 1.82) is 0 Å². The number of nitrogens with zero attached hydrogens (tertiary/aromatic N) is 4. The van der Waals surface area contributed by atoms with E-state index in [0.29, 0.717) is 32.1 Å². The van der Waals surface area contributed by atoms with E-state index < -0.39 is 10.0 Å². The Labute approximate surface area is 132 Å². The first-order valence-electron chi connectivity index (χ1n) is 6.66. The highest BCUT2D eigenvalue weighted by Crippen LogP contribution is 2.21. The molecule has 0 radical (unpaired) electrons. The normalized spacial score (nSPS) is 16.3. The van der Waals surface area contributed by atoms with E-state index in [-0.39, 0.29) is 4.34 Å². The van der Waals surface area contributed by atoms with Gasteiger partial charge in [0.15, 0.2) is 5.82 Å². The predicted octanol–water partition coefficient (Wildman–Crippen LogP) is 1.25. The lowest BCUT2D eigenvalue weighted by molar-refractivity contribution is 0.0701. The fourth-order valence-electron chi connectivity index (χ4n) is 1.89. The molecule has 116 valence electrons. The van der Waals surface area contributed by atoms with Gasteiger partial charge in [0.25, 0.3) is 4.34 Å². The quantitative estimate of drug-likeness (QED) is 0.616. The summed E-state index contributed by atoms with van der Waals surface area (Å²) in [6, 6.07) is 9.23. The van der Waals surface area contributed by atoms with Gasteiger partial charge in [0.2, 0.25) is 0 Å². The molecule has 1 aromatic carbocycles. The molecule has 0 unspecified atom stereocenters. The summed E-state index contributed by atoms with van der Waals surface area (Å²) in [6.45, 7) is 2.40. The minimum atomic E-state index is -3.81. The Morgan fingerprint density at radius 1 is 1.23 bits per heavy atom. The monoisotopic (exact) mass is 338 g/mol. The molecular formula is C13H14N4O3S2. The van der Waals surface area contributed by atoms with Crippen LogP contribution in [0.25, 0.3) is 11.4 Å². The van der Waals surface area contributed by atoms with E-state index in [1.165, 1.54) is 6.34 Å². The number of sulfonamides is 1. The third-order valence-electron chi connectivity index (χ3n) is 3.05. The molecule has 9 heteroatoms. The minimum absolute atomic E-state index is 0.101. The van der Waals surface area contributed by atoms with Crippen LogP contribution in [0.15, 0.2) is 39.1 Å². The van der Waals surface area contributed by atoms with Crippen LogP contribution in [0.4, 0.5) is 0 Å². The second-order valence-electron chi connectivity index (χ2n) is 4.59. The van der Waals surface area contributed by atoms with Crippen LogP contribution < -0.4 is 0 Å². The van der Waals surface area contributed by atoms with Gasteiger partial charge >= 0.3 is 10.0 Å². The van der Waals surface area contributed by atoms with E-state index in [1.54, 1.807) is 4.90 Å². The largest absolute Gasteiger partial charge is 0.378 e. The molecule has 2 heterocycles. The maximum Gasteiger partial charge on any atom is 0.312 e. The second-order valence-corrected chi connectivity index (χ2v) is 7.15. The molecular weight excluding hydrogens is 324 g/mol. The van der Waals surface area contributed by atoms with Gasteiger partial charge < -0.3 is 9.64 Å². The maximum absolute atomic E-state index is 12.2. The van der Waals surface area contributed by atoms with Gasteiger partial charge in [-0.15, -0.1) is 4.40 Å². The molecule has 1 aromatic heterocycles. The van der Waals surface area contributed by atoms with Gasteiger partial charge in [-0.3, -0.25) is 0 Å². The summed E-state index contributed by atoms with van der Waals surface area (Å²) in [5, 5.41) is 0. The minimum Gasteiger partial charge on any atom is -0.378 e. The van der Waals surface area contributed by atoms with Crippen LogP contribution in [0.2, 0.25) is 0 Å². The van der Waals surface area contributed by atoms with E-state index in [0.717, 1.165) is 17.1 Å². The topological polar surface area (TPSA) is 84.8 Å². The van der Waals surface area contributed by atoms with Crippen molar-refractivity contribution in [3.63, 3.8) is 0 Å². The summed E-state index contributed by atoms with van der Waals surface area (Å²) >= 11 is 0.832. The molecule has 0 saturated carbocycles. The maximum atomic E-state index is 12.2. The number of rotatable bonds is 4. The Balaban J connectivity index is 1.78. The van der Waals surface area contributed by atoms with Crippen LogP contribution in [0, 0.1) is 0 Å². The molecule has 1 aliphatic rings. The van der Waals surface area contributed by atoms with Gasteiger partial charge in [0, 0.05) is 30.2 Å². The number of hydrogen-bond acceptors (Lipinski definition) is 6. The Morgan fingerprint density at radius 2 is 1.95 bits per heavy atom. The summed E-state index contributed by atoms with van der Waals surface area (Å²) < 4.78 is 37.2. The third kappa shape index (κ3) is 3.49. The highest BCUT2D eigenvalue weighted by atomic mass is 32.2. The fourth-order valence-corrected chi connectivity index (χ4v) is 3.49. The van der Waals surface area contributed by atoms with Crippen molar-refractivity contribution in [2.45, 2.75) is 4.34 Å². The molecule has 3 rings (SSSR count). The van der Waals surface area contributed by atoms with Crippen molar-refractivity contribution in [3.8, 4) is 11.4 Å². The Hall–Kier alpha value is -1.84. The Morgan fingerprint density at radius 3 is 2.68 bits per heavy atom. The standard InChI is InChI=1S/C13H14N4O3S2/c18-22(19,14-10-17-6-8-20-9-7-17)13-15-12(16-21-13)11-4-2-1-3-5-11/h1-5,10H,6-9H2. The number of ether oxygens (including phenoxy) is 1. The summed E-state index contributed by atoms with van der Waals surface area (Å²) in [7, 11) is -3.81. The first-order chi connectivity index (χ1) is 10.6. The van der Waals surface area contributed by atoms with Crippen molar-refractivity contribution in [2.75, 3.05) is 26.3 Å². The molecule has 0 spiro atoms. The zero-order valence-electron chi connectivity index (χ0n) is 11.6. The van der Waals surface area contributed by atoms with Gasteiger partial charge in [0.05, 0.1) is 13.2 Å². The molecule has 22 heavy (non-hydrogen) atoms. The van der Waals surface area contributed by atoms with E-state index in [1.807, 2.05) is 30.3 Å². The molecule has 0 atom stereocenters. The smallest absolute Gasteiger partial charge is 0.312 e. The lowest BCUT2D eigenvalue weighted by atomic mass is 10.2. The van der Waals surface area contributed by atoms with E-state index in [9.17, 15) is 8.42 Å². The van der Waals surface area contributed by atoms with E-state index in [4.69, 9.17) is 4.74 Å². The number of morpholine rings is 1. The lowest BCUT2D eigenvalue weighted by Gasteiger charge is -2.23. The highest BCUT2D eigenvalue weighted by Gasteiger charge is 2.20. The molecule has 0 bridgehead atoms. The molecule has 2 aromatic rings.